The van der Waals surface area contributed by atoms with E-state index in [2.05, 4.69) is 10.6 Å². The predicted octanol–water partition coefficient (Wildman–Crippen LogP) is 2.81. The average molecular weight is 321 g/mol. The minimum atomic E-state index is -1.14. The zero-order valence-electron chi connectivity index (χ0n) is 10.7. The highest BCUT2D eigenvalue weighted by atomic mass is 35.5. The van der Waals surface area contributed by atoms with Crippen LogP contribution in [0.4, 0.5) is 14.9 Å². The highest BCUT2D eigenvalue weighted by molar-refractivity contribution is 7.98. The lowest BCUT2D eigenvalue weighted by atomic mass is 10.2. The molecule has 0 saturated carbocycles. The summed E-state index contributed by atoms with van der Waals surface area (Å²) in [7, 11) is 0. The molecular formula is C12H14ClFN2O3S. The largest absolute Gasteiger partial charge is 0.480 e. The lowest BCUT2D eigenvalue weighted by Crippen LogP contribution is -2.43. The van der Waals surface area contributed by atoms with Gasteiger partial charge in [0.1, 0.15) is 11.9 Å². The van der Waals surface area contributed by atoms with E-state index in [1.807, 2.05) is 6.26 Å². The Morgan fingerprint density at radius 3 is 2.75 bits per heavy atom. The van der Waals surface area contributed by atoms with E-state index in [4.69, 9.17) is 16.7 Å². The molecule has 20 heavy (non-hydrogen) atoms. The summed E-state index contributed by atoms with van der Waals surface area (Å²) in [5, 5.41) is 13.5. The number of nitrogens with one attached hydrogen (secondary N) is 2. The maximum Gasteiger partial charge on any atom is 0.326 e. The predicted molar refractivity (Wildman–Crippen MR) is 78.0 cm³/mol. The van der Waals surface area contributed by atoms with Crippen molar-refractivity contribution < 1.29 is 19.1 Å². The number of aliphatic carboxylic acids is 1. The van der Waals surface area contributed by atoms with Gasteiger partial charge in [0.2, 0.25) is 0 Å². The molecule has 0 heterocycles. The summed E-state index contributed by atoms with van der Waals surface area (Å²) in [6.07, 6.45) is 2.10. The van der Waals surface area contributed by atoms with E-state index in [1.54, 1.807) is 0 Å². The normalized spacial score (nSPS) is 11.8. The first-order valence-electron chi connectivity index (χ1n) is 5.69. The monoisotopic (exact) mass is 320 g/mol. The number of carboxylic acid groups (broad SMARTS) is 1. The van der Waals surface area contributed by atoms with E-state index >= 15 is 0 Å². The SMILES string of the molecule is CSCCC(NC(=O)Nc1c(F)cccc1Cl)C(=O)O. The Hall–Kier alpha value is -1.47. The molecule has 1 rings (SSSR count). The third-order valence-corrected chi connectivity index (χ3v) is 3.37. The molecule has 0 aliphatic heterocycles. The van der Waals surface area contributed by atoms with Crippen LogP contribution in [0.2, 0.25) is 5.02 Å². The first-order valence-corrected chi connectivity index (χ1v) is 7.46. The second-order valence-corrected chi connectivity index (χ2v) is 5.26. The van der Waals surface area contributed by atoms with Crippen molar-refractivity contribution in [3.05, 3.63) is 29.0 Å². The highest BCUT2D eigenvalue weighted by Crippen LogP contribution is 2.24. The number of hydrogen-bond donors (Lipinski definition) is 3. The molecule has 0 saturated heterocycles. The van der Waals surface area contributed by atoms with Crippen molar-refractivity contribution in [3.8, 4) is 0 Å². The molecule has 110 valence electrons. The number of urea groups is 1. The fourth-order valence-corrected chi connectivity index (χ4v) is 2.10. The standard InChI is InChI=1S/C12H14ClFN2O3S/c1-20-6-5-9(11(17)18)15-12(19)16-10-7(13)3-2-4-8(10)14/h2-4,9H,5-6H2,1H3,(H,17,18)(H2,15,16,19). The van der Waals surface area contributed by atoms with Gasteiger partial charge in [0.15, 0.2) is 0 Å². The lowest BCUT2D eigenvalue weighted by Gasteiger charge is -2.15. The number of carboxylic acids is 1. The van der Waals surface area contributed by atoms with Crippen LogP contribution in [-0.2, 0) is 4.79 Å². The van der Waals surface area contributed by atoms with Crippen molar-refractivity contribution in [1.29, 1.82) is 0 Å². The summed E-state index contributed by atoms with van der Waals surface area (Å²) in [6, 6.07) is 2.12. The minimum Gasteiger partial charge on any atom is -0.480 e. The molecule has 1 atom stereocenters. The molecule has 0 aliphatic carbocycles. The van der Waals surface area contributed by atoms with Crippen LogP contribution in [0.3, 0.4) is 0 Å². The summed E-state index contributed by atoms with van der Waals surface area (Å²) in [6.45, 7) is 0. The van der Waals surface area contributed by atoms with Crippen molar-refractivity contribution in [2.75, 3.05) is 17.3 Å². The third-order valence-electron chi connectivity index (χ3n) is 2.42. The molecule has 1 unspecified atom stereocenters. The number of para-hydroxylation sites is 1. The zero-order chi connectivity index (χ0) is 15.1. The summed E-state index contributed by atoms with van der Waals surface area (Å²) in [5.74, 6) is -1.25. The van der Waals surface area contributed by atoms with Gasteiger partial charge >= 0.3 is 12.0 Å². The van der Waals surface area contributed by atoms with Gasteiger partial charge in [-0.2, -0.15) is 11.8 Å². The van der Waals surface area contributed by atoms with Gasteiger partial charge in [0.05, 0.1) is 10.7 Å². The topological polar surface area (TPSA) is 78.4 Å². The summed E-state index contributed by atoms with van der Waals surface area (Å²) in [4.78, 5) is 22.7. The van der Waals surface area contributed by atoms with Gasteiger partial charge in [-0.25, -0.2) is 14.0 Å². The maximum absolute atomic E-state index is 13.5. The van der Waals surface area contributed by atoms with E-state index in [-0.39, 0.29) is 17.1 Å². The van der Waals surface area contributed by atoms with Crippen molar-refractivity contribution in [2.45, 2.75) is 12.5 Å². The zero-order valence-corrected chi connectivity index (χ0v) is 12.2. The molecule has 3 N–H and O–H groups in total. The molecule has 0 aromatic heterocycles. The number of carbonyl (C=O) groups is 2. The minimum absolute atomic E-state index is 0.0381. The fourth-order valence-electron chi connectivity index (χ4n) is 1.42. The summed E-state index contributed by atoms with van der Waals surface area (Å²) < 4.78 is 13.5. The van der Waals surface area contributed by atoms with Gasteiger partial charge in [-0.05, 0) is 30.6 Å². The molecule has 0 aliphatic rings. The van der Waals surface area contributed by atoms with Crippen LogP contribution >= 0.6 is 23.4 Å². The molecular weight excluding hydrogens is 307 g/mol. The number of amides is 2. The Morgan fingerprint density at radius 1 is 1.50 bits per heavy atom. The van der Waals surface area contributed by atoms with Gasteiger partial charge < -0.3 is 15.7 Å². The van der Waals surface area contributed by atoms with Crippen LogP contribution in [0.1, 0.15) is 6.42 Å². The van der Waals surface area contributed by atoms with Gasteiger partial charge in [-0.15, -0.1) is 0 Å². The summed E-state index contributed by atoms with van der Waals surface area (Å²) >= 11 is 7.22. The molecule has 0 bridgehead atoms. The van der Waals surface area contributed by atoms with Crippen LogP contribution in [-0.4, -0.2) is 35.2 Å². The fraction of sp³-hybridized carbons (Fsp3) is 0.333. The van der Waals surface area contributed by atoms with E-state index in [0.29, 0.717) is 5.75 Å². The first kappa shape index (κ1) is 16.6. The second kappa shape index (κ2) is 7.96. The van der Waals surface area contributed by atoms with Crippen molar-refractivity contribution >= 4 is 41.1 Å². The number of anilines is 1. The van der Waals surface area contributed by atoms with Crippen molar-refractivity contribution in [3.63, 3.8) is 0 Å². The van der Waals surface area contributed by atoms with Crippen LogP contribution in [0, 0.1) is 5.82 Å². The quantitative estimate of drug-likeness (QED) is 0.753. The third kappa shape index (κ3) is 4.90. The van der Waals surface area contributed by atoms with E-state index in [9.17, 15) is 14.0 Å². The Balaban J connectivity index is 2.68. The van der Waals surface area contributed by atoms with E-state index < -0.39 is 23.9 Å². The molecule has 5 nitrogen and oxygen atoms in total. The molecule has 0 fully saturated rings. The van der Waals surface area contributed by atoms with Crippen LogP contribution in [0.25, 0.3) is 0 Å². The Kier molecular flexibility index (Phi) is 6.60. The number of hydrogen-bond acceptors (Lipinski definition) is 3. The van der Waals surface area contributed by atoms with Gasteiger partial charge in [-0.1, -0.05) is 17.7 Å². The molecule has 8 heteroatoms. The number of halogens is 2. The number of benzene rings is 1. The first-order chi connectivity index (χ1) is 9.45. The lowest BCUT2D eigenvalue weighted by molar-refractivity contribution is -0.139. The van der Waals surface area contributed by atoms with Gasteiger partial charge in [0, 0.05) is 0 Å². The molecule has 0 spiro atoms. The Bertz CT molecular complexity index is 481. The van der Waals surface area contributed by atoms with Crippen LogP contribution in [0.5, 0.6) is 0 Å². The van der Waals surface area contributed by atoms with Gasteiger partial charge in [0.25, 0.3) is 0 Å². The molecule has 2 amide bonds. The van der Waals surface area contributed by atoms with E-state index in [0.717, 1.165) is 6.07 Å². The number of rotatable bonds is 6. The summed E-state index contributed by atoms with van der Waals surface area (Å²) in [5.41, 5.74) is -0.180. The molecule has 1 aromatic rings. The average Bonchev–Trinajstić information content (AvgIpc) is 2.38. The van der Waals surface area contributed by atoms with Crippen LogP contribution in [0.15, 0.2) is 18.2 Å². The smallest absolute Gasteiger partial charge is 0.326 e. The second-order valence-electron chi connectivity index (χ2n) is 3.87. The maximum atomic E-state index is 13.5. The molecule has 1 aromatic carbocycles. The van der Waals surface area contributed by atoms with Gasteiger partial charge in [-0.3, -0.25) is 0 Å². The Morgan fingerprint density at radius 2 is 2.20 bits per heavy atom. The van der Waals surface area contributed by atoms with E-state index in [1.165, 1.54) is 23.9 Å². The van der Waals surface area contributed by atoms with Crippen molar-refractivity contribution in [2.24, 2.45) is 0 Å². The van der Waals surface area contributed by atoms with Crippen molar-refractivity contribution in [1.82, 2.24) is 5.32 Å². The highest BCUT2D eigenvalue weighted by Gasteiger charge is 2.20. The molecule has 0 radical (unpaired) electrons. The Labute approximate surface area is 124 Å². The van der Waals surface area contributed by atoms with Crippen LogP contribution < -0.4 is 10.6 Å². The number of thioether (sulfide) groups is 1. The number of carbonyl (C=O) groups excluding carboxylic acids is 1.